The molecule has 2 atom stereocenters. The Morgan fingerprint density at radius 2 is 1.52 bits per heavy atom. The Kier molecular flexibility index (Phi) is 6.55. The van der Waals surface area contributed by atoms with E-state index in [9.17, 15) is 37.4 Å². The normalized spacial score (nSPS) is 14.2. The lowest BCUT2D eigenvalue weighted by Gasteiger charge is -2.35. The molecule has 0 saturated heterocycles. The number of hydrogen-bond donors (Lipinski definition) is 3. The molecule has 0 bridgehead atoms. The molecule has 3 rings (SSSR count). The first-order valence-corrected chi connectivity index (χ1v) is 9.70. The van der Waals surface area contributed by atoms with Gasteiger partial charge in [0.15, 0.2) is 11.4 Å². The second kappa shape index (κ2) is 9.03. The highest BCUT2D eigenvalue weighted by molar-refractivity contribution is 6.09. The highest BCUT2D eigenvalue weighted by Gasteiger charge is 2.56. The Morgan fingerprint density at radius 1 is 0.909 bits per heavy atom. The van der Waals surface area contributed by atoms with Crippen molar-refractivity contribution in [3.05, 3.63) is 101 Å². The number of para-hydroxylation sites is 1. The molecule has 3 N–H and O–H groups in total. The molecule has 9 heteroatoms. The number of carbonyl (C=O) groups is 2. The van der Waals surface area contributed by atoms with Crippen LogP contribution < -0.4 is 5.32 Å². The molecule has 3 aromatic carbocycles. The average molecular weight is 461 g/mol. The summed E-state index contributed by atoms with van der Waals surface area (Å²) in [6.45, 7) is 0.394. The van der Waals surface area contributed by atoms with E-state index < -0.39 is 46.6 Å². The van der Waals surface area contributed by atoms with Crippen LogP contribution in [0.1, 0.15) is 44.8 Å². The lowest BCUT2D eigenvalue weighted by atomic mass is 9.87. The second-order valence-electron chi connectivity index (χ2n) is 7.50. The highest BCUT2D eigenvalue weighted by Crippen LogP contribution is 2.41. The van der Waals surface area contributed by atoms with Crippen LogP contribution in [0.2, 0.25) is 0 Å². The molecule has 0 saturated carbocycles. The van der Waals surface area contributed by atoms with Crippen LogP contribution in [0, 0.1) is 5.82 Å². The standard InChI is InChI=1S/C24H19F4NO4/c1-23(33,24(26,27)28)21(29-22(32)17-9-5-6-10-19(17)30)16-12-11-15(13-18(16)25)20(31)14-7-3-2-4-8-14/h2-13,21,30,33H,1H3,(H,29,32). The van der Waals surface area contributed by atoms with E-state index in [1.807, 2.05) is 5.32 Å². The fourth-order valence-electron chi connectivity index (χ4n) is 3.22. The molecule has 0 heterocycles. The number of amides is 1. The van der Waals surface area contributed by atoms with Crippen LogP contribution in [0.25, 0.3) is 0 Å². The maximum atomic E-state index is 15.0. The predicted molar refractivity (Wildman–Crippen MR) is 111 cm³/mol. The molecule has 5 nitrogen and oxygen atoms in total. The molecular formula is C24H19F4NO4. The van der Waals surface area contributed by atoms with E-state index in [4.69, 9.17) is 0 Å². The monoisotopic (exact) mass is 461 g/mol. The minimum absolute atomic E-state index is 0.125. The van der Waals surface area contributed by atoms with E-state index in [0.717, 1.165) is 30.3 Å². The van der Waals surface area contributed by atoms with E-state index in [1.54, 1.807) is 18.2 Å². The molecule has 0 aliphatic heterocycles. The third-order valence-corrected chi connectivity index (χ3v) is 5.17. The minimum atomic E-state index is -5.26. The van der Waals surface area contributed by atoms with Gasteiger partial charge in [0.05, 0.1) is 11.6 Å². The maximum Gasteiger partial charge on any atom is 0.419 e. The molecule has 0 radical (unpaired) electrons. The van der Waals surface area contributed by atoms with E-state index in [1.165, 1.54) is 24.3 Å². The summed E-state index contributed by atoms with van der Waals surface area (Å²) in [4.78, 5) is 25.1. The molecular weight excluding hydrogens is 442 g/mol. The first-order valence-electron chi connectivity index (χ1n) is 9.70. The fraction of sp³-hybridized carbons (Fsp3) is 0.167. The van der Waals surface area contributed by atoms with Gasteiger partial charge < -0.3 is 15.5 Å². The maximum absolute atomic E-state index is 15.0. The lowest BCUT2D eigenvalue weighted by Crippen LogP contribution is -2.53. The van der Waals surface area contributed by atoms with Crippen molar-refractivity contribution in [2.24, 2.45) is 0 Å². The predicted octanol–water partition coefficient (Wildman–Crippen LogP) is 4.55. The smallest absolute Gasteiger partial charge is 0.419 e. The number of phenols is 1. The van der Waals surface area contributed by atoms with Gasteiger partial charge in [-0.1, -0.05) is 54.6 Å². The molecule has 0 aromatic heterocycles. The Hall–Kier alpha value is -3.72. The summed E-state index contributed by atoms with van der Waals surface area (Å²) < 4.78 is 55.9. The van der Waals surface area contributed by atoms with Gasteiger partial charge in [-0.15, -0.1) is 0 Å². The van der Waals surface area contributed by atoms with Gasteiger partial charge in [-0.2, -0.15) is 13.2 Å². The Bertz CT molecular complexity index is 1180. The number of carbonyl (C=O) groups excluding carboxylic acids is 2. The van der Waals surface area contributed by atoms with Crippen LogP contribution in [-0.2, 0) is 0 Å². The van der Waals surface area contributed by atoms with Gasteiger partial charge in [-0.3, -0.25) is 9.59 Å². The summed E-state index contributed by atoms with van der Waals surface area (Å²) in [6, 6.07) is 13.4. The zero-order chi connectivity index (χ0) is 24.4. The number of nitrogens with one attached hydrogen (secondary N) is 1. The van der Waals surface area contributed by atoms with Gasteiger partial charge in [0.25, 0.3) is 5.91 Å². The van der Waals surface area contributed by atoms with Gasteiger partial charge in [0, 0.05) is 16.7 Å². The van der Waals surface area contributed by atoms with Crippen LogP contribution in [0.5, 0.6) is 5.75 Å². The summed E-state index contributed by atoms with van der Waals surface area (Å²) in [6.07, 6.45) is -5.26. The fourth-order valence-corrected chi connectivity index (χ4v) is 3.22. The molecule has 1 amide bonds. The quantitative estimate of drug-likeness (QED) is 0.372. The van der Waals surface area contributed by atoms with Gasteiger partial charge in [-0.05, 0) is 25.1 Å². The van der Waals surface area contributed by atoms with Gasteiger partial charge >= 0.3 is 6.18 Å². The van der Waals surface area contributed by atoms with Gasteiger partial charge in [0.1, 0.15) is 11.6 Å². The molecule has 33 heavy (non-hydrogen) atoms. The van der Waals surface area contributed by atoms with Crippen LogP contribution in [0.4, 0.5) is 17.6 Å². The third kappa shape index (κ3) is 4.88. The summed E-state index contributed by atoms with van der Waals surface area (Å²) >= 11 is 0. The minimum Gasteiger partial charge on any atom is -0.507 e. The van der Waals surface area contributed by atoms with E-state index in [2.05, 4.69) is 0 Å². The SMILES string of the molecule is CC(O)(C(NC(=O)c1ccccc1O)c1ccc(C(=O)c2ccccc2)cc1F)C(F)(F)F. The molecule has 2 unspecified atom stereocenters. The van der Waals surface area contributed by atoms with Crippen molar-refractivity contribution in [3.8, 4) is 5.75 Å². The number of ketones is 1. The molecule has 0 aliphatic rings. The number of halogens is 4. The molecule has 3 aromatic rings. The van der Waals surface area contributed by atoms with Crippen molar-refractivity contribution in [3.63, 3.8) is 0 Å². The van der Waals surface area contributed by atoms with E-state index in [-0.39, 0.29) is 16.7 Å². The first kappa shape index (κ1) is 23.9. The zero-order valence-electron chi connectivity index (χ0n) is 17.2. The number of benzene rings is 3. The summed E-state index contributed by atoms with van der Waals surface area (Å²) in [5.41, 5.74) is -4.52. The molecule has 172 valence electrons. The first-order chi connectivity index (χ1) is 15.4. The third-order valence-electron chi connectivity index (χ3n) is 5.17. The summed E-state index contributed by atoms with van der Waals surface area (Å²) in [5, 5.41) is 22.1. The largest absolute Gasteiger partial charge is 0.507 e. The number of alkyl halides is 3. The van der Waals surface area contributed by atoms with Crippen LogP contribution in [0.15, 0.2) is 72.8 Å². The van der Waals surface area contributed by atoms with E-state index >= 15 is 0 Å². The topological polar surface area (TPSA) is 86.6 Å². The number of phenolic OH excluding ortho intramolecular Hbond substituents is 1. The van der Waals surface area contributed by atoms with Crippen molar-refractivity contribution in [2.75, 3.05) is 0 Å². The Labute approximate surface area is 186 Å². The number of hydrogen-bond acceptors (Lipinski definition) is 4. The van der Waals surface area contributed by atoms with Crippen molar-refractivity contribution in [2.45, 2.75) is 24.7 Å². The average Bonchev–Trinajstić information content (AvgIpc) is 2.77. The summed E-state index contributed by atoms with van der Waals surface area (Å²) in [7, 11) is 0. The number of rotatable bonds is 6. The molecule has 0 spiro atoms. The van der Waals surface area contributed by atoms with E-state index in [0.29, 0.717) is 6.92 Å². The Morgan fingerprint density at radius 3 is 2.09 bits per heavy atom. The van der Waals surface area contributed by atoms with Crippen molar-refractivity contribution < 1.29 is 37.4 Å². The van der Waals surface area contributed by atoms with Gasteiger partial charge in [0.2, 0.25) is 0 Å². The van der Waals surface area contributed by atoms with Crippen LogP contribution in [0.3, 0.4) is 0 Å². The number of aliphatic hydroxyl groups is 1. The Balaban J connectivity index is 2.03. The van der Waals surface area contributed by atoms with Gasteiger partial charge in [-0.25, -0.2) is 4.39 Å². The number of aromatic hydroxyl groups is 1. The van der Waals surface area contributed by atoms with Crippen molar-refractivity contribution in [1.82, 2.24) is 5.32 Å². The second-order valence-corrected chi connectivity index (χ2v) is 7.50. The van der Waals surface area contributed by atoms with Crippen molar-refractivity contribution >= 4 is 11.7 Å². The highest BCUT2D eigenvalue weighted by atomic mass is 19.4. The zero-order valence-corrected chi connectivity index (χ0v) is 17.2. The van der Waals surface area contributed by atoms with Crippen molar-refractivity contribution in [1.29, 1.82) is 0 Å². The lowest BCUT2D eigenvalue weighted by molar-refractivity contribution is -0.263. The molecule has 0 aliphatic carbocycles. The van der Waals surface area contributed by atoms with Crippen LogP contribution in [-0.4, -0.2) is 33.7 Å². The summed E-state index contributed by atoms with van der Waals surface area (Å²) in [5.74, 6) is -3.46. The molecule has 0 fully saturated rings. The van der Waals surface area contributed by atoms with Crippen LogP contribution >= 0.6 is 0 Å².